The lowest BCUT2D eigenvalue weighted by molar-refractivity contribution is -0.127. The third-order valence-corrected chi connectivity index (χ3v) is 4.47. The van der Waals surface area contributed by atoms with E-state index in [1.165, 1.54) is 0 Å². The Kier molecular flexibility index (Phi) is 3.87. The number of halogens is 1. The van der Waals surface area contributed by atoms with E-state index in [2.05, 4.69) is 5.32 Å². The van der Waals surface area contributed by atoms with Crippen molar-refractivity contribution in [2.75, 3.05) is 16.8 Å². The number of fused-ring (bicyclic) bond motifs is 1. The second-order valence-corrected chi connectivity index (χ2v) is 6.68. The maximum absolute atomic E-state index is 12.8. The van der Waals surface area contributed by atoms with Gasteiger partial charge in [-0.2, -0.15) is 0 Å². The molecule has 2 amide bonds. The first-order valence-corrected chi connectivity index (χ1v) is 7.83. The average molecular weight is 323 g/mol. The van der Waals surface area contributed by atoms with E-state index in [9.17, 15) is 9.59 Å². The maximum atomic E-state index is 12.8. The molecule has 0 spiro atoms. The molecule has 1 atom stereocenters. The monoisotopic (exact) mass is 322 g/mol. The molecule has 2 aliphatic rings. The number of nitrogens with zero attached hydrogens (tertiary/aromatic N) is 1. The molecule has 5 nitrogen and oxygen atoms in total. The summed E-state index contributed by atoms with van der Waals surface area (Å²) in [5.41, 5.74) is 0.280. The fourth-order valence-electron chi connectivity index (χ4n) is 3.01. The van der Waals surface area contributed by atoms with Gasteiger partial charge in [-0.15, -0.1) is 0 Å². The number of ether oxygens (including phenoxy) is 1. The van der Waals surface area contributed by atoms with Crippen LogP contribution in [0.5, 0.6) is 0 Å². The summed E-state index contributed by atoms with van der Waals surface area (Å²) in [5, 5.41) is 3.36. The van der Waals surface area contributed by atoms with Gasteiger partial charge in [0.2, 0.25) is 11.8 Å². The Bertz CT molecular complexity index is 624. The van der Waals surface area contributed by atoms with Gasteiger partial charge in [-0.25, -0.2) is 0 Å². The molecule has 2 heterocycles. The van der Waals surface area contributed by atoms with Gasteiger partial charge in [-0.05, 0) is 44.9 Å². The lowest BCUT2D eigenvalue weighted by atomic mass is 9.95. The second kappa shape index (κ2) is 5.56. The highest BCUT2D eigenvalue weighted by Gasteiger charge is 2.44. The van der Waals surface area contributed by atoms with Crippen LogP contribution in [0, 0.1) is 0 Å². The lowest BCUT2D eigenvalue weighted by Crippen LogP contribution is -2.58. The summed E-state index contributed by atoms with van der Waals surface area (Å²) in [6, 6.07) is 5.13. The zero-order valence-corrected chi connectivity index (χ0v) is 13.4. The van der Waals surface area contributed by atoms with Gasteiger partial charge in [-0.3, -0.25) is 14.5 Å². The summed E-state index contributed by atoms with van der Waals surface area (Å²) in [6.45, 7) is 4.17. The first-order chi connectivity index (χ1) is 10.4. The van der Waals surface area contributed by atoms with Crippen molar-refractivity contribution in [2.45, 2.75) is 44.8 Å². The molecular formula is C16H19ClN2O3. The molecule has 0 aromatic heterocycles. The van der Waals surface area contributed by atoms with Crippen molar-refractivity contribution < 1.29 is 14.3 Å². The van der Waals surface area contributed by atoms with E-state index in [4.69, 9.17) is 16.3 Å². The zero-order valence-electron chi connectivity index (χ0n) is 12.7. The van der Waals surface area contributed by atoms with Crippen LogP contribution in [0.25, 0.3) is 0 Å². The number of carbonyl (C=O) groups is 2. The van der Waals surface area contributed by atoms with Crippen molar-refractivity contribution in [3.8, 4) is 0 Å². The SMILES string of the molecule is CC1(C)C(=O)Nc2ccc(Cl)cc2N1C(=O)CC1CCCO1. The highest BCUT2D eigenvalue weighted by molar-refractivity contribution is 6.31. The van der Waals surface area contributed by atoms with Crippen LogP contribution < -0.4 is 10.2 Å². The van der Waals surface area contributed by atoms with Crippen molar-refractivity contribution in [3.63, 3.8) is 0 Å². The Balaban J connectivity index is 1.97. The molecule has 1 fully saturated rings. The van der Waals surface area contributed by atoms with Gasteiger partial charge in [0.15, 0.2) is 0 Å². The third-order valence-electron chi connectivity index (χ3n) is 4.24. The standard InChI is InChI=1S/C16H19ClN2O3/c1-16(2)15(21)18-12-6-5-10(17)8-13(12)19(16)14(20)9-11-4-3-7-22-11/h5-6,8,11H,3-4,7,9H2,1-2H3,(H,18,21). The minimum atomic E-state index is -0.965. The Morgan fingerprint density at radius 1 is 1.50 bits per heavy atom. The molecule has 22 heavy (non-hydrogen) atoms. The summed E-state index contributed by atoms with van der Waals surface area (Å²) >= 11 is 6.07. The van der Waals surface area contributed by atoms with Crippen LogP contribution in [-0.2, 0) is 14.3 Å². The normalized spacial score (nSPS) is 23.1. The minimum Gasteiger partial charge on any atom is -0.378 e. The molecule has 0 radical (unpaired) electrons. The van der Waals surface area contributed by atoms with Crippen LogP contribution in [0.2, 0.25) is 5.02 Å². The molecule has 0 bridgehead atoms. The smallest absolute Gasteiger partial charge is 0.250 e. The fraction of sp³-hybridized carbons (Fsp3) is 0.500. The average Bonchev–Trinajstić information content (AvgIpc) is 2.93. The largest absolute Gasteiger partial charge is 0.378 e. The summed E-state index contributed by atoms with van der Waals surface area (Å²) in [6.07, 6.45) is 2.08. The molecule has 118 valence electrons. The van der Waals surface area contributed by atoms with Crippen molar-refractivity contribution in [1.29, 1.82) is 0 Å². The van der Waals surface area contributed by atoms with E-state index < -0.39 is 5.54 Å². The van der Waals surface area contributed by atoms with Gasteiger partial charge >= 0.3 is 0 Å². The molecule has 1 saturated heterocycles. The molecule has 2 aliphatic heterocycles. The summed E-state index contributed by atoms with van der Waals surface area (Å²) < 4.78 is 5.55. The number of benzene rings is 1. The van der Waals surface area contributed by atoms with Crippen molar-refractivity contribution >= 4 is 34.8 Å². The molecule has 3 rings (SSSR count). The van der Waals surface area contributed by atoms with Gasteiger partial charge in [-0.1, -0.05) is 11.6 Å². The van der Waals surface area contributed by atoms with E-state index in [1.807, 2.05) is 0 Å². The first-order valence-electron chi connectivity index (χ1n) is 7.45. The lowest BCUT2D eigenvalue weighted by Gasteiger charge is -2.42. The number of hydrogen-bond donors (Lipinski definition) is 1. The topological polar surface area (TPSA) is 58.6 Å². The first kappa shape index (κ1) is 15.3. The Morgan fingerprint density at radius 3 is 2.95 bits per heavy atom. The third kappa shape index (κ3) is 2.59. The van der Waals surface area contributed by atoms with E-state index >= 15 is 0 Å². The van der Waals surface area contributed by atoms with E-state index in [0.717, 1.165) is 12.8 Å². The maximum Gasteiger partial charge on any atom is 0.250 e. The number of amides is 2. The zero-order chi connectivity index (χ0) is 15.9. The molecule has 1 aromatic rings. The number of rotatable bonds is 2. The van der Waals surface area contributed by atoms with Crippen molar-refractivity contribution in [3.05, 3.63) is 23.2 Å². The van der Waals surface area contributed by atoms with Gasteiger partial charge in [0, 0.05) is 11.6 Å². The van der Waals surface area contributed by atoms with Crippen LogP contribution in [-0.4, -0.2) is 30.1 Å². The predicted octanol–water partition coefficient (Wildman–Crippen LogP) is 2.97. The highest BCUT2D eigenvalue weighted by atomic mass is 35.5. The van der Waals surface area contributed by atoms with Crippen LogP contribution in [0.1, 0.15) is 33.1 Å². The van der Waals surface area contributed by atoms with E-state index in [-0.39, 0.29) is 24.3 Å². The van der Waals surface area contributed by atoms with Crippen molar-refractivity contribution in [1.82, 2.24) is 0 Å². The van der Waals surface area contributed by atoms with Gasteiger partial charge in [0.25, 0.3) is 0 Å². The van der Waals surface area contributed by atoms with Gasteiger partial charge < -0.3 is 10.1 Å². The quantitative estimate of drug-likeness (QED) is 0.910. The number of anilines is 2. The van der Waals surface area contributed by atoms with E-state index in [0.29, 0.717) is 23.0 Å². The van der Waals surface area contributed by atoms with Crippen LogP contribution in [0.3, 0.4) is 0 Å². The molecule has 1 unspecified atom stereocenters. The molecule has 0 saturated carbocycles. The Labute approximate surface area is 134 Å². The Morgan fingerprint density at radius 2 is 2.27 bits per heavy atom. The summed E-state index contributed by atoms with van der Waals surface area (Å²) in [7, 11) is 0. The number of hydrogen-bond acceptors (Lipinski definition) is 3. The van der Waals surface area contributed by atoms with Crippen LogP contribution >= 0.6 is 11.6 Å². The molecule has 1 N–H and O–H groups in total. The molecule has 0 aliphatic carbocycles. The molecule has 6 heteroatoms. The van der Waals surface area contributed by atoms with E-state index in [1.54, 1.807) is 36.9 Å². The number of carbonyl (C=O) groups excluding carboxylic acids is 2. The second-order valence-electron chi connectivity index (χ2n) is 6.24. The number of nitrogens with one attached hydrogen (secondary N) is 1. The minimum absolute atomic E-state index is 0.0593. The summed E-state index contributed by atoms with van der Waals surface area (Å²) in [4.78, 5) is 26.7. The Hall–Kier alpha value is -1.59. The summed E-state index contributed by atoms with van der Waals surface area (Å²) in [5.74, 6) is -0.321. The molecule has 1 aromatic carbocycles. The molecular weight excluding hydrogens is 304 g/mol. The van der Waals surface area contributed by atoms with Crippen LogP contribution in [0.4, 0.5) is 11.4 Å². The van der Waals surface area contributed by atoms with Gasteiger partial charge in [0.05, 0.1) is 23.9 Å². The van der Waals surface area contributed by atoms with Gasteiger partial charge in [0.1, 0.15) is 5.54 Å². The fourth-order valence-corrected chi connectivity index (χ4v) is 3.18. The van der Waals surface area contributed by atoms with Crippen LogP contribution in [0.15, 0.2) is 18.2 Å². The van der Waals surface area contributed by atoms with Crippen molar-refractivity contribution in [2.24, 2.45) is 0 Å². The highest BCUT2D eigenvalue weighted by Crippen LogP contribution is 2.39. The predicted molar refractivity (Wildman–Crippen MR) is 85.2 cm³/mol.